The molecule has 4 aromatic rings. The first-order chi connectivity index (χ1) is 21.6. The van der Waals surface area contributed by atoms with Crippen LogP contribution in [0, 0.1) is 11.8 Å². The Kier molecular flexibility index (Phi) is 11.4. The molecule has 1 heterocycles. The van der Waals surface area contributed by atoms with E-state index in [1.165, 1.54) is 19.2 Å². The van der Waals surface area contributed by atoms with Crippen LogP contribution in [0.2, 0.25) is 0 Å². The fraction of sp³-hybridized carbons (Fsp3) is 0.344. The van der Waals surface area contributed by atoms with Crippen molar-refractivity contribution in [3.05, 3.63) is 77.9 Å². The Morgan fingerprint density at radius 1 is 1.00 bits per heavy atom. The summed E-state index contributed by atoms with van der Waals surface area (Å²) in [5.74, 6) is 0.0462. The van der Waals surface area contributed by atoms with Crippen LogP contribution in [0.5, 0.6) is 5.75 Å². The SMILES string of the molecule is COc1ccc(-c2ccc(C[C@H](NC(=O)[C@H]3CC[C@H](CN)CC3)C(=O)Nc3ccc(-c4nn[nH]n4)cc3)cc2)c(C(F)(F)F)c1.Cl. The molecule has 1 fully saturated rings. The van der Waals surface area contributed by atoms with Gasteiger partial charge in [0.15, 0.2) is 0 Å². The number of aromatic nitrogens is 4. The number of benzene rings is 3. The zero-order valence-corrected chi connectivity index (χ0v) is 25.8. The summed E-state index contributed by atoms with van der Waals surface area (Å²) in [5, 5.41) is 19.6. The maximum Gasteiger partial charge on any atom is 0.417 e. The van der Waals surface area contributed by atoms with Gasteiger partial charge in [0.05, 0.1) is 12.7 Å². The van der Waals surface area contributed by atoms with E-state index in [1.54, 1.807) is 48.5 Å². The molecule has 0 unspecified atom stereocenters. The Morgan fingerprint density at radius 2 is 1.67 bits per heavy atom. The number of halogens is 4. The van der Waals surface area contributed by atoms with Gasteiger partial charge in [0.2, 0.25) is 17.6 Å². The monoisotopic (exact) mass is 657 g/mol. The number of carbonyl (C=O) groups excluding carboxylic acids is 2. The summed E-state index contributed by atoms with van der Waals surface area (Å²) in [4.78, 5) is 26.8. The van der Waals surface area contributed by atoms with E-state index < -0.39 is 23.7 Å². The Bertz CT molecular complexity index is 1590. The van der Waals surface area contributed by atoms with Crippen molar-refractivity contribution in [2.24, 2.45) is 17.6 Å². The molecule has 0 bridgehead atoms. The van der Waals surface area contributed by atoms with E-state index in [0.29, 0.717) is 53.5 Å². The molecule has 0 radical (unpaired) electrons. The lowest BCUT2D eigenvalue weighted by Gasteiger charge is -2.28. The Hall–Kier alpha value is -4.49. The minimum absolute atomic E-state index is 0. The van der Waals surface area contributed by atoms with Crippen molar-refractivity contribution in [1.82, 2.24) is 25.9 Å². The molecular weight excluding hydrogens is 623 g/mol. The van der Waals surface area contributed by atoms with Gasteiger partial charge in [-0.15, -0.1) is 22.6 Å². The maximum atomic E-state index is 13.8. The van der Waals surface area contributed by atoms with Crippen LogP contribution in [-0.2, 0) is 22.2 Å². The van der Waals surface area contributed by atoms with Crippen LogP contribution < -0.4 is 21.1 Å². The maximum absolute atomic E-state index is 13.8. The van der Waals surface area contributed by atoms with Crippen molar-refractivity contribution >= 4 is 29.9 Å². The zero-order chi connectivity index (χ0) is 32.0. The molecule has 244 valence electrons. The van der Waals surface area contributed by atoms with Crippen LogP contribution >= 0.6 is 12.4 Å². The number of nitrogens with zero attached hydrogens (tertiary/aromatic N) is 3. The van der Waals surface area contributed by atoms with E-state index >= 15 is 0 Å². The third kappa shape index (κ3) is 8.40. The fourth-order valence-corrected chi connectivity index (χ4v) is 5.57. The van der Waals surface area contributed by atoms with E-state index in [0.717, 1.165) is 18.9 Å². The smallest absolute Gasteiger partial charge is 0.417 e. The van der Waals surface area contributed by atoms with E-state index in [1.807, 2.05) is 0 Å². The first-order valence-electron chi connectivity index (χ1n) is 14.6. The van der Waals surface area contributed by atoms with E-state index in [-0.39, 0.29) is 42.0 Å². The highest BCUT2D eigenvalue weighted by Gasteiger charge is 2.34. The van der Waals surface area contributed by atoms with Gasteiger partial charge in [-0.05, 0) is 96.4 Å². The normalized spacial score (nSPS) is 17.0. The van der Waals surface area contributed by atoms with Gasteiger partial charge in [0.25, 0.3) is 0 Å². The number of methoxy groups -OCH3 is 1. The molecule has 2 amide bonds. The summed E-state index contributed by atoms with van der Waals surface area (Å²) in [5.41, 5.74) is 7.23. The number of rotatable bonds is 10. The van der Waals surface area contributed by atoms with Gasteiger partial charge in [0, 0.05) is 23.6 Å². The number of nitrogens with two attached hydrogens (primary N) is 1. The number of hydrogen-bond donors (Lipinski definition) is 4. The summed E-state index contributed by atoms with van der Waals surface area (Å²) < 4.78 is 46.5. The number of carbonyl (C=O) groups is 2. The lowest BCUT2D eigenvalue weighted by Crippen LogP contribution is -2.48. The fourth-order valence-electron chi connectivity index (χ4n) is 5.57. The summed E-state index contributed by atoms with van der Waals surface area (Å²) in [6.07, 6.45) is -1.36. The Balaban J connectivity index is 0.00000480. The van der Waals surface area contributed by atoms with Crippen molar-refractivity contribution in [2.75, 3.05) is 19.0 Å². The molecule has 1 aromatic heterocycles. The number of nitrogens with one attached hydrogen (secondary N) is 3. The molecule has 5 rings (SSSR count). The average molecular weight is 658 g/mol. The first-order valence-corrected chi connectivity index (χ1v) is 14.6. The second-order valence-electron chi connectivity index (χ2n) is 11.1. The van der Waals surface area contributed by atoms with Gasteiger partial charge >= 0.3 is 6.18 Å². The summed E-state index contributed by atoms with van der Waals surface area (Å²) in [6, 6.07) is 16.2. The van der Waals surface area contributed by atoms with Crippen LogP contribution in [0.15, 0.2) is 66.7 Å². The van der Waals surface area contributed by atoms with Crippen LogP contribution in [-0.4, -0.2) is 52.1 Å². The molecule has 1 aliphatic rings. The standard InChI is InChI=1S/C32H34F3N7O3.ClH/c1-45-25-14-15-26(27(17-25)32(33,34)35)21-6-2-19(3-7-21)16-28(38-30(43)23-8-4-20(18-36)5-9-23)31(44)37-24-12-10-22(11-13-24)29-39-41-42-40-29;/h2-3,6-7,10-15,17,20,23,28H,4-5,8-9,16,18,36H2,1H3,(H,37,44)(H,38,43)(H,39,40,41,42);1H/t20-,23-,28-;/m0./s1. The van der Waals surface area contributed by atoms with Gasteiger partial charge in [-0.2, -0.15) is 18.4 Å². The van der Waals surface area contributed by atoms with Gasteiger partial charge in [-0.1, -0.05) is 30.3 Å². The molecule has 1 aliphatic carbocycles. The molecule has 1 saturated carbocycles. The molecule has 5 N–H and O–H groups in total. The van der Waals surface area contributed by atoms with Crippen molar-refractivity contribution in [3.63, 3.8) is 0 Å². The third-order valence-corrected chi connectivity index (χ3v) is 8.18. The lowest BCUT2D eigenvalue weighted by molar-refractivity contribution is -0.137. The number of anilines is 1. The number of tetrazole rings is 1. The third-order valence-electron chi connectivity index (χ3n) is 8.18. The van der Waals surface area contributed by atoms with Crippen LogP contribution in [0.1, 0.15) is 36.8 Å². The quantitative estimate of drug-likeness (QED) is 0.178. The van der Waals surface area contributed by atoms with E-state index in [4.69, 9.17) is 10.5 Å². The number of amides is 2. The average Bonchev–Trinajstić information content (AvgIpc) is 3.60. The van der Waals surface area contributed by atoms with Crippen molar-refractivity contribution in [1.29, 1.82) is 0 Å². The number of H-pyrrole nitrogens is 1. The van der Waals surface area contributed by atoms with Gasteiger partial charge in [-0.25, -0.2) is 0 Å². The van der Waals surface area contributed by atoms with Crippen LogP contribution in [0.25, 0.3) is 22.5 Å². The molecule has 0 spiro atoms. The Morgan fingerprint density at radius 3 is 2.26 bits per heavy atom. The highest BCUT2D eigenvalue weighted by Crippen LogP contribution is 2.39. The van der Waals surface area contributed by atoms with Crippen molar-refractivity contribution < 1.29 is 27.5 Å². The van der Waals surface area contributed by atoms with Gasteiger partial charge in [0.1, 0.15) is 11.8 Å². The van der Waals surface area contributed by atoms with Crippen LogP contribution in [0.3, 0.4) is 0 Å². The summed E-state index contributed by atoms with van der Waals surface area (Å²) >= 11 is 0. The molecule has 3 aromatic carbocycles. The number of hydrogen-bond acceptors (Lipinski definition) is 7. The minimum atomic E-state index is -4.58. The molecule has 10 nitrogen and oxygen atoms in total. The highest BCUT2D eigenvalue weighted by atomic mass is 35.5. The molecule has 46 heavy (non-hydrogen) atoms. The predicted molar refractivity (Wildman–Crippen MR) is 169 cm³/mol. The van der Waals surface area contributed by atoms with Gasteiger partial charge in [-0.3, -0.25) is 9.59 Å². The van der Waals surface area contributed by atoms with Crippen LogP contribution in [0.4, 0.5) is 18.9 Å². The lowest BCUT2D eigenvalue weighted by atomic mass is 9.81. The van der Waals surface area contributed by atoms with Crippen molar-refractivity contribution in [2.45, 2.75) is 44.3 Å². The second-order valence-corrected chi connectivity index (χ2v) is 11.1. The molecule has 0 aliphatic heterocycles. The molecular formula is C32H35ClF3N7O3. The molecule has 14 heteroatoms. The van der Waals surface area contributed by atoms with E-state index in [9.17, 15) is 22.8 Å². The largest absolute Gasteiger partial charge is 0.497 e. The predicted octanol–water partition coefficient (Wildman–Crippen LogP) is 5.41. The van der Waals surface area contributed by atoms with Gasteiger partial charge < -0.3 is 21.1 Å². The number of alkyl halides is 3. The first kappa shape index (κ1) is 34.4. The second kappa shape index (κ2) is 15.2. The minimum Gasteiger partial charge on any atom is -0.497 e. The zero-order valence-electron chi connectivity index (χ0n) is 25.0. The highest BCUT2D eigenvalue weighted by molar-refractivity contribution is 5.97. The number of ether oxygens (including phenoxy) is 1. The topological polar surface area (TPSA) is 148 Å². The molecule has 0 saturated heterocycles. The summed E-state index contributed by atoms with van der Waals surface area (Å²) in [7, 11) is 1.31. The van der Waals surface area contributed by atoms with E-state index in [2.05, 4.69) is 31.3 Å². The molecule has 1 atom stereocenters. The number of aromatic amines is 1. The van der Waals surface area contributed by atoms with Crippen molar-refractivity contribution in [3.8, 4) is 28.3 Å². The Labute approximate surface area is 270 Å². The summed E-state index contributed by atoms with van der Waals surface area (Å²) in [6.45, 7) is 0.585.